The molecule has 0 aliphatic heterocycles. The number of nitrogen functional groups attached to an aromatic ring is 1. The molecule has 1 aromatic rings. The molecule has 0 bridgehead atoms. The molecule has 0 heterocycles. The predicted molar refractivity (Wildman–Crippen MR) is 80.1 cm³/mol. The molecule has 0 aliphatic rings. The Morgan fingerprint density at radius 2 is 2.00 bits per heavy atom. The van der Waals surface area contributed by atoms with Gasteiger partial charge < -0.3 is 11.1 Å². The van der Waals surface area contributed by atoms with Gasteiger partial charge in [0.05, 0.1) is 4.90 Å². The van der Waals surface area contributed by atoms with Crippen molar-refractivity contribution in [1.82, 2.24) is 5.32 Å². The minimum absolute atomic E-state index is 0.122. The Morgan fingerprint density at radius 1 is 1.35 bits per heavy atom. The largest absolute Gasteiger partial charge is 0.399 e. The van der Waals surface area contributed by atoms with Crippen molar-refractivity contribution >= 4 is 21.4 Å². The van der Waals surface area contributed by atoms with Gasteiger partial charge in [0, 0.05) is 12.2 Å². The topological polar surface area (TPSA) is 89.3 Å². The molecule has 0 saturated heterocycles. The van der Waals surface area contributed by atoms with Gasteiger partial charge in [0.2, 0.25) is 5.91 Å². The quantitative estimate of drug-likeness (QED) is 0.779. The second-order valence-corrected chi connectivity index (χ2v) is 7.27. The number of anilines is 1. The molecule has 5 nitrogen and oxygen atoms in total. The van der Waals surface area contributed by atoms with Crippen molar-refractivity contribution < 1.29 is 13.2 Å². The number of nitrogens with two attached hydrogens (primary N) is 1. The van der Waals surface area contributed by atoms with Crippen LogP contribution in [0.15, 0.2) is 23.1 Å². The smallest absolute Gasteiger partial charge is 0.235 e. The van der Waals surface area contributed by atoms with Crippen LogP contribution in [0.2, 0.25) is 0 Å². The van der Waals surface area contributed by atoms with Crippen molar-refractivity contribution in [3.05, 3.63) is 23.8 Å². The molecule has 20 heavy (non-hydrogen) atoms. The molecule has 0 fully saturated rings. The van der Waals surface area contributed by atoms with Crippen molar-refractivity contribution in [3.8, 4) is 0 Å². The van der Waals surface area contributed by atoms with Gasteiger partial charge in [-0.3, -0.25) is 4.79 Å². The van der Waals surface area contributed by atoms with Crippen LogP contribution in [-0.4, -0.2) is 26.6 Å². The van der Waals surface area contributed by atoms with E-state index < -0.39 is 21.5 Å². The average Bonchev–Trinajstić information content (AvgIpc) is 2.31. The van der Waals surface area contributed by atoms with E-state index in [4.69, 9.17) is 5.73 Å². The molecule has 3 N–H and O–H groups in total. The first-order chi connectivity index (χ1) is 9.22. The molecular formula is C14H22N2O3S. The summed E-state index contributed by atoms with van der Waals surface area (Å²) in [4.78, 5) is 11.8. The van der Waals surface area contributed by atoms with E-state index in [1.807, 2.05) is 13.8 Å². The van der Waals surface area contributed by atoms with Crippen molar-refractivity contribution in [2.24, 2.45) is 5.92 Å². The van der Waals surface area contributed by atoms with Crippen LogP contribution in [-0.2, 0) is 14.6 Å². The normalized spacial score (nSPS) is 11.6. The molecule has 112 valence electrons. The lowest BCUT2D eigenvalue weighted by atomic mass is 10.1. The number of sulfone groups is 1. The van der Waals surface area contributed by atoms with E-state index in [1.54, 1.807) is 19.1 Å². The van der Waals surface area contributed by atoms with Gasteiger partial charge in [-0.1, -0.05) is 19.9 Å². The third-order valence-corrected chi connectivity index (χ3v) is 4.66. The Labute approximate surface area is 120 Å². The molecule has 0 unspecified atom stereocenters. The summed E-state index contributed by atoms with van der Waals surface area (Å²) in [5.74, 6) is -0.564. The summed E-state index contributed by atoms with van der Waals surface area (Å²) >= 11 is 0. The Hall–Kier alpha value is -1.56. The summed E-state index contributed by atoms with van der Waals surface area (Å²) in [6, 6.07) is 4.67. The van der Waals surface area contributed by atoms with E-state index in [-0.39, 0.29) is 4.90 Å². The summed E-state index contributed by atoms with van der Waals surface area (Å²) in [5.41, 5.74) is 6.57. The van der Waals surface area contributed by atoms with Gasteiger partial charge in [-0.2, -0.15) is 0 Å². The van der Waals surface area contributed by atoms with E-state index in [0.717, 1.165) is 6.42 Å². The predicted octanol–water partition coefficient (Wildman–Crippen LogP) is 1.51. The van der Waals surface area contributed by atoms with Crippen LogP contribution in [0.5, 0.6) is 0 Å². The number of hydrogen-bond acceptors (Lipinski definition) is 4. The van der Waals surface area contributed by atoms with Crippen LogP contribution in [0.1, 0.15) is 25.8 Å². The van der Waals surface area contributed by atoms with Gasteiger partial charge in [-0.15, -0.1) is 0 Å². The second-order valence-electron chi connectivity index (χ2n) is 5.32. The molecule has 1 amide bonds. The van der Waals surface area contributed by atoms with Crippen molar-refractivity contribution in [2.75, 3.05) is 18.0 Å². The summed E-state index contributed by atoms with van der Waals surface area (Å²) in [5, 5.41) is 2.62. The molecule has 0 saturated carbocycles. The fraction of sp³-hybridized carbons (Fsp3) is 0.500. The highest BCUT2D eigenvalue weighted by molar-refractivity contribution is 7.92. The number of carbonyl (C=O) groups is 1. The highest BCUT2D eigenvalue weighted by atomic mass is 32.2. The molecule has 0 atom stereocenters. The second kappa shape index (κ2) is 6.74. The van der Waals surface area contributed by atoms with Gasteiger partial charge in [0.1, 0.15) is 5.75 Å². The number of benzene rings is 1. The molecule has 0 aromatic heterocycles. The zero-order valence-electron chi connectivity index (χ0n) is 12.1. The highest BCUT2D eigenvalue weighted by Gasteiger charge is 2.21. The van der Waals surface area contributed by atoms with E-state index >= 15 is 0 Å². The summed E-state index contributed by atoms with van der Waals surface area (Å²) in [6.45, 7) is 6.25. The first-order valence-electron chi connectivity index (χ1n) is 6.58. The van der Waals surface area contributed by atoms with E-state index in [9.17, 15) is 13.2 Å². The van der Waals surface area contributed by atoms with Crippen molar-refractivity contribution in [2.45, 2.75) is 32.1 Å². The minimum Gasteiger partial charge on any atom is -0.399 e. The molecule has 0 radical (unpaired) electrons. The fourth-order valence-electron chi connectivity index (χ4n) is 1.75. The molecule has 1 rings (SSSR count). The number of amides is 1. The van der Waals surface area contributed by atoms with Crippen LogP contribution in [0.4, 0.5) is 5.69 Å². The van der Waals surface area contributed by atoms with Gasteiger partial charge >= 0.3 is 0 Å². The van der Waals surface area contributed by atoms with Gasteiger partial charge in [-0.25, -0.2) is 8.42 Å². The summed E-state index contributed by atoms with van der Waals surface area (Å²) in [6.07, 6.45) is 0.823. The molecule has 0 spiro atoms. The van der Waals surface area contributed by atoms with E-state index in [1.165, 1.54) is 6.07 Å². The maximum atomic E-state index is 12.2. The third kappa shape index (κ3) is 4.85. The lowest BCUT2D eigenvalue weighted by Gasteiger charge is -2.10. The lowest BCUT2D eigenvalue weighted by Crippen LogP contribution is -2.31. The maximum Gasteiger partial charge on any atom is 0.235 e. The van der Waals surface area contributed by atoms with Gasteiger partial charge in [0.15, 0.2) is 9.84 Å². The third-order valence-electron chi connectivity index (χ3n) is 2.91. The number of carbonyl (C=O) groups excluding carboxylic acids is 1. The molecular weight excluding hydrogens is 276 g/mol. The van der Waals surface area contributed by atoms with Crippen molar-refractivity contribution in [3.63, 3.8) is 0 Å². The average molecular weight is 298 g/mol. The first kappa shape index (κ1) is 16.5. The number of nitrogens with one attached hydrogen (secondary N) is 1. The summed E-state index contributed by atoms with van der Waals surface area (Å²) < 4.78 is 24.4. The van der Waals surface area contributed by atoms with Gasteiger partial charge in [0.25, 0.3) is 0 Å². The Balaban J connectivity index is 2.75. The van der Waals surface area contributed by atoms with Gasteiger partial charge in [-0.05, 0) is 37.0 Å². The highest BCUT2D eigenvalue weighted by Crippen LogP contribution is 2.19. The Kier molecular flexibility index (Phi) is 5.56. The van der Waals surface area contributed by atoms with Crippen LogP contribution < -0.4 is 11.1 Å². The summed E-state index contributed by atoms with van der Waals surface area (Å²) in [7, 11) is -3.66. The van der Waals surface area contributed by atoms with Crippen LogP contribution in [0, 0.1) is 12.8 Å². The van der Waals surface area contributed by atoms with Crippen LogP contribution >= 0.6 is 0 Å². The SMILES string of the molecule is Cc1ccc(N)cc1S(=O)(=O)CC(=O)NCCC(C)C. The fourth-order valence-corrected chi connectivity index (χ4v) is 3.23. The maximum absolute atomic E-state index is 12.2. The monoisotopic (exact) mass is 298 g/mol. The molecule has 6 heteroatoms. The Morgan fingerprint density at radius 3 is 2.60 bits per heavy atom. The first-order valence-corrected chi connectivity index (χ1v) is 8.23. The zero-order chi connectivity index (χ0) is 15.3. The Bertz CT molecular complexity index is 580. The van der Waals surface area contributed by atoms with E-state index in [0.29, 0.717) is 23.7 Å². The lowest BCUT2D eigenvalue weighted by molar-refractivity contribution is -0.118. The number of rotatable bonds is 6. The number of aryl methyl sites for hydroxylation is 1. The minimum atomic E-state index is -3.66. The zero-order valence-corrected chi connectivity index (χ0v) is 13.0. The van der Waals surface area contributed by atoms with Crippen molar-refractivity contribution in [1.29, 1.82) is 0 Å². The standard InChI is InChI=1S/C14H22N2O3S/c1-10(2)6-7-16-14(17)9-20(18,19)13-8-12(15)5-4-11(13)3/h4-5,8,10H,6-7,9,15H2,1-3H3,(H,16,17). The molecule has 1 aromatic carbocycles. The molecule has 0 aliphatic carbocycles. The van der Waals surface area contributed by atoms with Crippen LogP contribution in [0.3, 0.4) is 0 Å². The van der Waals surface area contributed by atoms with E-state index in [2.05, 4.69) is 5.32 Å². The van der Waals surface area contributed by atoms with Crippen LogP contribution in [0.25, 0.3) is 0 Å². The number of hydrogen-bond donors (Lipinski definition) is 2.